The lowest BCUT2D eigenvalue weighted by atomic mass is 10.3. The molecule has 18 heavy (non-hydrogen) atoms. The van der Waals surface area contributed by atoms with Crippen LogP contribution in [-0.4, -0.2) is 39.8 Å². The molecule has 5 nitrogen and oxygen atoms in total. The van der Waals surface area contributed by atoms with Crippen LogP contribution in [0.25, 0.3) is 0 Å². The molecule has 1 saturated carbocycles. The minimum atomic E-state index is -3.46. The van der Waals surface area contributed by atoms with Crippen LogP contribution in [0, 0.1) is 0 Å². The van der Waals surface area contributed by atoms with E-state index in [1.165, 1.54) is 0 Å². The SMILES string of the molecule is CN(CCO)c1ccccc1S(=O)(=O)NC1CC1. The Morgan fingerprint density at radius 1 is 1.39 bits per heavy atom. The van der Waals surface area contributed by atoms with E-state index in [0.29, 0.717) is 12.2 Å². The highest BCUT2D eigenvalue weighted by molar-refractivity contribution is 7.89. The molecule has 0 saturated heterocycles. The fraction of sp³-hybridized carbons (Fsp3) is 0.500. The van der Waals surface area contributed by atoms with Gasteiger partial charge in [-0.2, -0.15) is 0 Å². The first-order valence-electron chi connectivity index (χ1n) is 5.98. The maximum absolute atomic E-state index is 12.2. The molecule has 2 rings (SSSR count). The van der Waals surface area contributed by atoms with Crippen molar-refractivity contribution in [1.82, 2.24) is 4.72 Å². The molecule has 0 bridgehead atoms. The smallest absolute Gasteiger partial charge is 0.242 e. The highest BCUT2D eigenvalue weighted by Crippen LogP contribution is 2.27. The van der Waals surface area contributed by atoms with Crippen molar-refractivity contribution >= 4 is 15.7 Å². The molecule has 0 radical (unpaired) electrons. The molecule has 0 aromatic heterocycles. The molecule has 2 N–H and O–H groups in total. The van der Waals surface area contributed by atoms with Gasteiger partial charge in [0.25, 0.3) is 0 Å². The van der Waals surface area contributed by atoms with E-state index in [-0.39, 0.29) is 17.5 Å². The fourth-order valence-electron chi connectivity index (χ4n) is 1.75. The number of hydrogen-bond acceptors (Lipinski definition) is 4. The van der Waals surface area contributed by atoms with Gasteiger partial charge in [-0.1, -0.05) is 12.1 Å². The molecule has 1 fully saturated rings. The maximum Gasteiger partial charge on any atom is 0.242 e. The van der Waals surface area contributed by atoms with Crippen molar-refractivity contribution in [2.45, 2.75) is 23.8 Å². The van der Waals surface area contributed by atoms with E-state index in [2.05, 4.69) is 4.72 Å². The van der Waals surface area contributed by atoms with Gasteiger partial charge in [0.2, 0.25) is 10.0 Å². The number of aliphatic hydroxyl groups is 1. The molecule has 0 aliphatic heterocycles. The van der Waals surface area contributed by atoms with Gasteiger partial charge >= 0.3 is 0 Å². The first-order chi connectivity index (χ1) is 8.54. The third-order valence-corrected chi connectivity index (χ3v) is 4.47. The van der Waals surface area contributed by atoms with Gasteiger partial charge in [-0.05, 0) is 25.0 Å². The van der Waals surface area contributed by atoms with Crippen LogP contribution in [0.1, 0.15) is 12.8 Å². The fourth-order valence-corrected chi connectivity index (χ4v) is 3.31. The Balaban J connectivity index is 2.31. The first kappa shape index (κ1) is 13.3. The number of rotatable bonds is 6. The van der Waals surface area contributed by atoms with E-state index in [0.717, 1.165) is 12.8 Å². The quantitative estimate of drug-likeness (QED) is 0.792. The van der Waals surface area contributed by atoms with Crippen molar-refractivity contribution in [3.63, 3.8) is 0 Å². The zero-order valence-corrected chi connectivity index (χ0v) is 11.2. The van der Waals surface area contributed by atoms with Gasteiger partial charge in [0.15, 0.2) is 0 Å². The predicted octanol–water partition coefficient (Wildman–Crippen LogP) is 0.556. The Labute approximate surface area is 107 Å². The molecule has 0 amide bonds. The van der Waals surface area contributed by atoms with E-state index in [4.69, 9.17) is 5.11 Å². The first-order valence-corrected chi connectivity index (χ1v) is 7.46. The summed E-state index contributed by atoms with van der Waals surface area (Å²) in [5, 5.41) is 8.94. The number of sulfonamides is 1. The van der Waals surface area contributed by atoms with E-state index in [1.54, 1.807) is 36.2 Å². The number of likely N-dealkylation sites (N-methyl/N-ethyl adjacent to an activating group) is 1. The normalized spacial score (nSPS) is 15.7. The Hall–Kier alpha value is -1.11. The molecule has 1 aliphatic carbocycles. The predicted molar refractivity (Wildman–Crippen MR) is 70.1 cm³/mol. The molecule has 1 aliphatic rings. The second kappa shape index (κ2) is 5.26. The van der Waals surface area contributed by atoms with Crippen molar-refractivity contribution in [3.8, 4) is 0 Å². The van der Waals surface area contributed by atoms with E-state index < -0.39 is 10.0 Å². The zero-order valence-electron chi connectivity index (χ0n) is 10.3. The average molecular weight is 270 g/mol. The third-order valence-electron chi connectivity index (χ3n) is 2.90. The van der Waals surface area contributed by atoms with Crippen LogP contribution in [0.4, 0.5) is 5.69 Å². The van der Waals surface area contributed by atoms with Gasteiger partial charge in [-0.25, -0.2) is 13.1 Å². The Morgan fingerprint density at radius 3 is 2.67 bits per heavy atom. The number of benzene rings is 1. The van der Waals surface area contributed by atoms with Gasteiger partial charge in [0.05, 0.1) is 12.3 Å². The van der Waals surface area contributed by atoms with Gasteiger partial charge in [-0.15, -0.1) is 0 Å². The molecule has 100 valence electrons. The lowest BCUT2D eigenvalue weighted by molar-refractivity contribution is 0.304. The van der Waals surface area contributed by atoms with Crippen LogP contribution in [-0.2, 0) is 10.0 Å². The summed E-state index contributed by atoms with van der Waals surface area (Å²) < 4.78 is 27.1. The summed E-state index contributed by atoms with van der Waals surface area (Å²) in [5.74, 6) is 0. The number of aliphatic hydroxyl groups excluding tert-OH is 1. The minimum absolute atomic E-state index is 0.0130. The van der Waals surface area contributed by atoms with Crippen LogP contribution >= 0.6 is 0 Å². The molecule has 0 atom stereocenters. The lowest BCUT2D eigenvalue weighted by Gasteiger charge is -2.21. The van der Waals surface area contributed by atoms with Gasteiger partial charge < -0.3 is 10.0 Å². The maximum atomic E-state index is 12.2. The second-order valence-electron chi connectivity index (χ2n) is 4.51. The Kier molecular flexibility index (Phi) is 3.89. The average Bonchev–Trinajstić information content (AvgIpc) is 3.12. The Bertz CT molecular complexity index is 512. The number of hydrogen-bond donors (Lipinski definition) is 2. The van der Waals surface area contributed by atoms with Crippen molar-refractivity contribution in [3.05, 3.63) is 24.3 Å². The summed E-state index contributed by atoms with van der Waals surface area (Å²) in [6.07, 6.45) is 1.82. The summed E-state index contributed by atoms with van der Waals surface area (Å²) >= 11 is 0. The third kappa shape index (κ3) is 3.01. The van der Waals surface area contributed by atoms with Crippen molar-refractivity contribution < 1.29 is 13.5 Å². The summed E-state index contributed by atoms with van der Waals surface area (Å²) in [7, 11) is -1.70. The summed E-state index contributed by atoms with van der Waals surface area (Å²) in [4.78, 5) is 2.01. The van der Waals surface area contributed by atoms with E-state index in [9.17, 15) is 8.42 Å². The molecule has 1 aromatic carbocycles. The highest BCUT2D eigenvalue weighted by atomic mass is 32.2. The second-order valence-corrected chi connectivity index (χ2v) is 6.19. The number of nitrogens with zero attached hydrogens (tertiary/aromatic N) is 1. The summed E-state index contributed by atoms with van der Waals surface area (Å²) in [6.45, 7) is 0.386. The standard InChI is InChI=1S/C12H18N2O3S/c1-14(8-9-15)11-4-2-3-5-12(11)18(16,17)13-10-6-7-10/h2-5,10,13,15H,6-9H2,1H3. The number of para-hydroxylation sites is 1. The van der Waals surface area contributed by atoms with E-state index >= 15 is 0 Å². The van der Waals surface area contributed by atoms with Gasteiger partial charge in [0.1, 0.15) is 4.90 Å². The molecule has 0 unspecified atom stereocenters. The summed E-state index contributed by atoms with van der Waals surface area (Å²) in [5.41, 5.74) is 0.611. The van der Waals surface area contributed by atoms with E-state index in [1.807, 2.05) is 0 Å². The molecular formula is C12H18N2O3S. The molecule has 0 spiro atoms. The zero-order chi connectivity index (χ0) is 13.2. The molecule has 0 heterocycles. The molecule has 6 heteroatoms. The van der Waals surface area contributed by atoms with Crippen LogP contribution in [0.2, 0.25) is 0 Å². The highest BCUT2D eigenvalue weighted by Gasteiger charge is 2.29. The summed E-state index contributed by atoms with van der Waals surface area (Å²) in [6, 6.07) is 6.92. The van der Waals surface area contributed by atoms with Crippen molar-refractivity contribution in [1.29, 1.82) is 0 Å². The number of nitrogens with one attached hydrogen (secondary N) is 1. The van der Waals surface area contributed by atoms with Crippen LogP contribution < -0.4 is 9.62 Å². The molecule has 1 aromatic rings. The molecular weight excluding hydrogens is 252 g/mol. The van der Waals surface area contributed by atoms with Crippen molar-refractivity contribution in [2.24, 2.45) is 0 Å². The lowest BCUT2D eigenvalue weighted by Crippen LogP contribution is -2.29. The van der Waals surface area contributed by atoms with Gasteiger partial charge in [-0.3, -0.25) is 0 Å². The van der Waals surface area contributed by atoms with Crippen LogP contribution in [0.15, 0.2) is 29.2 Å². The van der Waals surface area contributed by atoms with Crippen LogP contribution in [0.3, 0.4) is 0 Å². The monoisotopic (exact) mass is 270 g/mol. The van der Waals surface area contributed by atoms with Gasteiger partial charge in [0, 0.05) is 19.6 Å². The van der Waals surface area contributed by atoms with Crippen molar-refractivity contribution in [2.75, 3.05) is 25.1 Å². The largest absolute Gasteiger partial charge is 0.395 e. The topological polar surface area (TPSA) is 69.6 Å². The minimum Gasteiger partial charge on any atom is -0.395 e. The number of anilines is 1. The van der Waals surface area contributed by atoms with Crippen LogP contribution in [0.5, 0.6) is 0 Å². The Morgan fingerprint density at radius 2 is 2.06 bits per heavy atom.